The van der Waals surface area contributed by atoms with Crippen molar-refractivity contribution in [3.8, 4) is 0 Å². The van der Waals surface area contributed by atoms with E-state index in [1.54, 1.807) is 0 Å². The van der Waals surface area contributed by atoms with Crippen molar-refractivity contribution in [1.29, 1.82) is 0 Å². The van der Waals surface area contributed by atoms with Crippen LogP contribution in [0.1, 0.15) is 19.8 Å². The van der Waals surface area contributed by atoms with Crippen LogP contribution in [0.3, 0.4) is 0 Å². The maximum atomic E-state index is 8.98. The Morgan fingerprint density at radius 2 is 2.10 bits per heavy atom. The maximum absolute atomic E-state index is 8.98. The summed E-state index contributed by atoms with van der Waals surface area (Å²) in [6.45, 7) is 5.85. The van der Waals surface area contributed by atoms with Crippen LogP contribution in [0.2, 0.25) is 5.28 Å². The highest BCUT2D eigenvalue weighted by molar-refractivity contribution is 6.28. The number of aliphatic hydroxyl groups excluding tert-OH is 1. The minimum atomic E-state index is 0.192. The molecule has 2 rings (SSSR count). The normalized spacial score (nSPS) is 16.8. The molecule has 1 saturated heterocycles. The van der Waals surface area contributed by atoms with Crippen molar-refractivity contribution in [2.45, 2.75) is 19.8 Å². The summed E-state index contributed by atoms with van der Waals surface area (Å²) in [6.07, 6.45) is 1.90. The molecule has 0 aliphatic carbocycles. The SMILES string of the molecule is CC(CO)CCCNc1nc(Cl)nc(N2CCOCC2)n1. The lowest BCUT2D eigenvalue weighted by molar-refractivity contribution is 0.122. The Morgan fingerprint density at radius 3 is 2.81 bits per heavy atom. The third kappa shape index (κ3) is 5.26. The van der Waals surface area contributed by atoms with Crippen molar-refractivity contribution < 1.29 is 9.84 Å². The van der Waals surface area contributed by atoms with E-state index in [1.165, 1.54) is 0 Å². The number of morpholine rings is 1. The zero-order chi connectivity index (χ0) is 15.1. The fraction of sp³-hybridized carbons (Fsp3) is 0.769. The van der Waals surface area contributed by atoms with Crippen LogP contribution in [0.4, 0.5) is 11.9 Å². The Morgan fingerprint density at radius 1 is 1.33 bits per heavy atom. The summed E-state index contributed by atoms with van der Waals surface area (Å²) in [6, 6.07) is 0. The van der Waals surface area contributed by atoms with E-state index in [0.29, 0.717) is 31.0 Å². The van der Waals surface area contributed by atoms with E-state index in [2.05, 4.69) is 20.3 Å². The number of rotatable bonds is 7. The predicted octanol–water partition coefficient (Wildman–Crippen LogP) is 1.18. The zero-order valence-electron chi connectivity index (χ0n) is 12.3. The fourth-order valence-corrected chi connectivity index (χ4v) is 2.22. The van der Waals surface area contributed by atoms with Gasteiger partial charge in [0.25, 0.3) is 0 Å². The Balaban J connectivity index is 1.89. The van der Waals surface area contributed by atoms with Gasteiger partial charge in [-0.1, -0.05) is 6.92 Å². The Bertz CT molecular complexity index is 443. The van der Waals surface area contributed by atoms with Crippen LogP contribution in [-0.2, 0) is 4.74 Å². The molecule has 118 valence electrons. The number of nitrogens with zero attached hydrogens (tertiary/aromatic N) is 4. The van der Waals surface area contributed by atoms with Crippen LogP contribution in [0.15, 0.2) is 0 Å². The van der Waals surface area contributed by atoms with Crippen LogP contribution < -0.4 is 10.2 Å². The number of ether oxygens (including phenoxy) is 1. The van der Waals surface area contributed by atoms with Crippen molar-refractivity contribution in [2.24, 2.45) is 5.92 Å². The van der Waals surface area contributed by atoms with Gasteiger partial charge in [-0.15, -0.1) is 0 Å². The Labute approximate surface area is 129 Å². The van der Waals surface area contributed by atoms with Gasteiger partial charge in [0.05, 0.1) is 13.2 Å². The number of nitrogens with one attached hydrogen (secondary N) is 1. The first-order chi connectivity index (χ1) is 10.2. The number of anilines is 2. The lowest BCUT2D eigenvalue weighted by atomic mass is 10.1. The second-order valence-electron chi connectivity index (χ2n) is 5.18. The number of hydrogen-bond donors (Lipinski definition) is 2. The van der Waals surface area contributed by atoms with Crippen LogP contribution in [0.5, 0.6) is 0 Å². The van der Waals surface area contributed by atoms with E-state index in [9.17, 15) is 0 Å². The molecule has 0 radical (unpaired) electrons. The summed E-state index contributed by atoms with van der Waals surface area (Å²) in [5.41, 5.74) is 0. The fourth-order valence-electron chi connectivity index (χ4n) is 2.07. The average molecular weight is 316 g/mol. The molecule has 0 amide bonds. The van der Waals surface area contributed by atoms with E-state index in [0.717, 1.165) is 32.5 Å². The highest BCUT2D eigenvalue weighted by Gasteiger charge is 2.15. The molecule has 2 N–H and O–H groups in total. The molecule has 1 aromatic rings. The molecule has 0 spiro atoms. The van der Waals surface area contributed by atoms with Gasteiger partial charge in [0, 0.05) is 26.2 Å². The highest BCUT2D eigenvalue weighted by atomic mass is 35.5. The van der Waals surface area contributed by atoms with Gasteiger partial charge in [0.15, 0.2) is 0 Å². The zero-order valence-corrected chi connectivity index (χ0v) is 13.0. The quantitative estimate of drug-likeness (QED) is 0.731. The van der Waals surface area contributed by atoms with Crippen LogP contribution in [0.25, 0.3) is 0 Å². The molecule has 21 heavy (non-hydrogen) atoms. The Kier molecular flexibility index (Phi) is 6.41. The molecule has 0 saturated carbocycles. The number of hydrogen-bond acceptors (Lipinski definition) is 7. The molecule has 1 atom stereocenters. The third-order valence-corrected chi connectivity index (χ3v) is 3.53. The molecule has 0 bridgehead atoms. The molecule has 2 heterocycles. The van der Waals surface area contributed by atoms with Crippen molar-refractivity contribution >= 4 is 23.5 Å². The lowest BCUT2D eigenvalue weighted by Gasteiger charge is -2.26. The minimum absolute atomic E-state index is 0.192. The predicted molar refractivity (Wildman–Crippen MR) is 81.8 cm³/mol. The summed E-state index contributed by atoms with van der Waals surface area (Å²) in [5, 5.41) is 12.3. The standard InChI is InChI=1S/C13H22ClN5O2/c1-10(9-20)3-2-4-15-12-16-11(14)17-13(18-12)19-5-7-21-8-6-19/h10,20H,2-9H2,1H3,(H,15,16,17,18). The van der Waals surface area contributed by atoms with E-state index in [4.69, 9.17) is 21.4 Å². The van der Waals surface area contributed by atoms with Gasteiger partial charge in [0.2, 0.25) is 17.2 Å². The molecule has 1 unspecified atom stereocenters. The molecule has 1 fully saturated rings. The van der Waals surface area contributed by atoms with E-state index in [1.807, 2.05) is 11.8 Å². The number of halogens is 1. The largest absolute Gasteiger partial charge is 0.396 e. The van der Waals surface area contributed by atoms with Gasteiger partial charge in [-0.05, 0) is 30.4 Å². The van der Waals surface area contributed by atoms with Gasteiger partial charge in [0.1, 0.15) is 0 Å². The van der Waals surface area contributed by atoms with E-state index >= 15 is 0 Å². The van der Waals surface area contributed by atoms with Gasteiger partial charge in [-0.25, -0.2) is 0 Å². The molecular weight excluding hydrogens is 294 g/mol. The molecule has 1 aromatic heterocycles. The number of aliphatic hydroxyl groups is 1. The van der Waals surface area contributed by atoms with Crippen molar-refractivity contribution in [3.05, 3.63) is 5.28 Å². The summed E-state index contributed by atoms with van der Waals surface area (Å²) in [5.74, 6) is 1.40. The summed E-state index contributed by atoms with van der Waals surface area (Å²) >= 11 is 5.96. The van der Waals surface area contributed by atoms with Crippen molar-refractivity contribution in [2.75, 3.05) is 49.7 Å². The van der Waals surface area contributed by atoms with Gasteiger partial charge < -0.3 is 20.1 Å². The molecule has 1 aliphatic heterocycles. The van der Waals surface area contributed by atoms with Crippen molar-refractivity contribution in [1.82, 2.24) is 15.0 Å². The summed E-state index contributed by atoms with van der Waals surface area (Å²) in [7, 11) is 0. The van der Waals surface area contributed by atoms with Gasteiger partial charge in [-0.2, -0.15) is 15.0 Å². The van der Waals surface area contributed by atoms with E-state index in [-0.39, 0.29) is 11.9 Å². The van der Waals surface area contributed by atoms with Crippen LogP contribution >= 0.6 is 11.6 Å². The molecule has 0 aromatic carbocycles. The Hall–Kier alpha value is -1.18. The molecule has 7 nitrogen and oxygen atoms in total. The lowest BCUT2D eigenvalue weighted by Crippen LogP contribution is -2.37. The molecular formula is C13H22ClN5O2. The monoisotopic (exact) mass is 315 g/mol. The smallest absolute Gasteiger partial charge is 0.231 e. The molecule has 8 heteroatoms. The maximum Gasteiger partial charge on any atom is 0.231 e. The third-order valence-electron chi connectivity index (χ3n) is 3.36. The first kappa shape index (κ1) is 16.2. The summed E-state index contributed by atoms with van der Waals surface area (Å²) < 4.78 is 5.31. The van der Waals surface area contributed by atoms with Gasteiger partial charge in [-0.3, -0.25) is 0 Å². The summed E-state index contributed by atoms with van der Waals surface area (Å²) in [4.78, 5) is 14.7. The minimum Gasteiger partial charge on any atom is -0.396 e. The first-order valence-corrected chi connectivity index (χ1v) is 7.66. The van der Waals surface area contributed by atoms with Crippen LogP contribution in [-0.4, -0.2) is 59.5 Å². The second kappa shape index (κ2) is 8.31. The molecule has 1 aliphatic rings. The number of aromatic nitrogens is 3. The second-order valence-corrected chi connectivity index (χ2v) is 5.52. The topological polar surface area (TPSA) is 83.4 Å². The van der Waals surface area contributed by atoms with Crippen molar-refractivity contribution in [3.63, 3.8) is 0 Å². The van der Waals surface area contributed by atoms with E-state index < -0.39 is 0 Å². The van der Waals surface area contributed by atoms with Gasteiger partial charge >= 0.3 is 0 Å². The van der Waals surface area contributed by atoms with Crippen LogP contribution in [0, 0.1) is 5.92 Å². The first-order valence-electron chi connectivity index (χ1n) is 7.28. The highest BCUT2D eigenvalue weighted by Crippen LogP contribution is 2.15. The average Bonchev–Trinajstić information content (AvgIpc) is 2.51.